The zero-order valence-electron chi connectivity index (χ0n) is 27.4. The maximum Gasteiger partial charge on any atom is 0.305 e. The molecule has 0 radical (unpaired) electrons. The number of carbonyl (C=O) groups is 1. The second-order valence-electron chi connectivity index (χ2n) is 12.2. The lowest BCUT2D eigenvalue weighted by Gasteiger charge is -2.44. The van der Waals surface area contributed by atoms with Gasteiger partial charge in [0.05, 0.1) is 13.2 Å². The first kappa shape index (κ1) is 36.8. The van der Waals surface area contributed by atoms with Crippen LogP contribution in [-0.4, -0.2) is 34.0 Å². The lowest BCUT2D eigenvalue weighted by Crippen LogP contribution is -2.67. The fourth-order valence-electron chi connectivity index (χ4n) is 5.50. The van der Waals surface area contributed by atoms with Crippen LogP contribution in [0.25, 0.3) is 10.4 Å². The molecular weight excluding hydrogens is 563 g/mol. The molecule has 0 aliphatic carbocycles. The lowest BCUT2D eigenvalue weighted by atomic mass is 10.1. The van der Waals surface area contributed by atoms with Gasteiger partial charge in [0.15, 0.2) is 0 Å². The summed E-state index contributed by atoms with van der Waals surface area (Å²) < 4.78 is 12.2. The summed E-state index contributed by atoms with van der Waals surface area (Å²) in [6.07, 6.45) is 23.7. The predicted molar refractivity (Wildman–Crippen MR) is 187 cm³/mol. The van der Waals surface area contributed by atoms with E-state index in [0.29, 0.717) is 19.4 Å². The predicted octanol–water partition coefficient (Wildman–Crippen LogP) is 9.37. The molecule has 44 heavy (non-hydrogen) atoms. The topological polar surface area (TPSA) is 84.3 Å². The van der Waals surface area contributed by atoms with Crippen molar-refractivity contribution in [1.29, 1.82) is 0 Å². The van der Waals surface area contributed by atoms with E-state index in [9.17, 15) is 4.79 Å². The van der Waals surface area contributed by atoms with Crippen molar-refractivity contribution in [3.63, 3.8) is 0 Å². The van der Waals surface area contributed by atoms with Gasteiger partial charge in [-0.2, -0.15) is 0 Å². The molecule has 1 atom stereocenters. The fraction of sp³-hybridized carbons (Fsp3) is 0.486. The molecule has 0 fully saturated rings. The number of hydrogen-bond donors (Lipinski definition) is 0. The van der Waals surface area contributed by atoms with Crippen LogP contribution in [0.15, 0.2) is 102 Å². The van der Waals surface area contributed by atoms with Crippen molar-refractivity contribution >= 4 is 24.7 Å². The number of carbonyl (C=O) groups excluding carboxylic acids is 1. The van der Waals surface area contributed by atoms with Gasteiger partial charge in [-0.25, -0.2) is 0 Å². The molecule has 0 saturated carbocycles. The van der Waals surface area contributed by atoms with E-state index in [1.165, 1.54) is 43.2 Å². The van der Waals surface area contributed by atoms with E-state index in [1.807, 2.05) is 0 Å². The van der Waals surface area contributed by atoms with Crippen LogP contribution in [0.5, 0.6) is 0 Å². The van der Waals surface area contributed by atoms with Gasteiger partial charge in [0.1, 0.15) is 0 Å². The molecule has 0 unspecified atom stereocenters. The van der Waals surface area contributed by atoms with Crippen LogP contribution >= 0.6 is 0 Å². The maximum absolute atomic E-state index is 11.9. The van der Waals surface area contributed by atoms with Gasteiger partial charge in [-0.15, -0.1) is 0 Å². The highest BCUT2D eigenvalue weighted by Crippen LogP contribution is 2.38. The van der Waals surface area contributed by atoms with E-state index in [4.69, 9.17) is 14.7 Å². The second kappa shape index (κ2) is 21.3. The largest absolute Gasteiger partial charge is 0.469 e. The number of esters is 1. The highest BCUT2D eigenvalue weighted by Gasteiger charge is 2.51. The van der Waals surface area contributed by atoms with Crippen LogP contribution in [0, 0.1) is 0 Å². The first-order valence-electron chi connectivity index (χ1n) is 16.2. The Morgan fingerprint density at radius 1 is 0.864 bits per heavy atom. The molecule has 2 aromatic rings. The average molecular weight is 616 g/mol. The molecule has 238 valence electrons. The molecule has 0 amide bonds. The third-order valence-electron chi connectivity index (χ3n) is 7.80. The molecule has 0 aromatic heterocycles. The van der Waals surface area contributed by atoms with Crippen LogP contribution in [0.2, 0.25) is 5.04 Å². The molecule has 0 aliphatic heterocycles. The van der Waals surface area contributed by atoms with Crippen LogP contribution in [0.4, 0.5) is 0 Å². The summed E-state index contributed by atoms with van der Waals surface area (Å²) in [6.45, 7) is 7.48. The fourth-order valence-corrected chi connectivity index (χ4v) is 10.2. The minimum atomic E-state index is -2.73. The van der Waals surface area contributed by atoms with Crippen molar-refractivity contribution in [3.05, 3.63) is 108 Å². The molecule has 7 heteroatoms. The summed E-state index contributed by atoms with van der Waals surface area (Å²) in [5.74, 6) is -0.188. The van der Waals surface area contributed by atoms with Gasteiger partial charge in [0.2, 0.25) is 0 Å². The highest BCUT2D eigenvalue weighted by atomic mass is 28.4. The van der Waals surface area contributed by atoms with E-state index in [1.54, 1.807) is 0 Å². The summed E-state index contributed by atoms with van der Waals surface area (Å²) in [5, 5.41) is 5.95. The number of unbranched alkanes of at least 4 members (excludes halogenated alkanes) is 6. The number of hydrogen-bond acceptors (Lipinski definition) is 4. The van der Waals surface area contributed by atoms with Gasteiger partial charge in [-0.05, 0) is 59.5 Å². The summed E-state index contributed by atoms with van der Waals surface area (Å²) >= 11 is 0. The third kappa shape index (κ3) is 13.1. The highest BCUT2D eigenvalue weighted by molar-refractivity contribution is 6.99. The molecule has 0 heterocycles. The zero-order chi connectivity index (χ0) is 31.9. The van der Waals surface area contributed by atoms with Gasteiger partial charge in [-0.1, -0.05) is 149 Å². The van der Waals surface area contributed by atoms with Crippen molar-refractivity contribution in [3.8, 4) is 0 Å². The second-order valence-corrected chi connectivity index (χ2v) is 16.4. The Hall–Kier alpha value is -3.38. The van der Waals surface area contributed by atoms with Crippen molar-refractivity contribution in [1.82, 2.24) is 0 Å². The molecular formula is C37H53N3O3Si. The molecule has 0 spiro atoms. The number of ether oxygens (including phenoxy) is 1. The quantitative estimate of drug-likeness (QED) is 0.0205. The third-order valence-corrected chi connectivity index (χ3v) is 12.9. The van der Waals surface area contributed by atoms with Crippen LogP contribution in [0.3, 0.4) is 0 Å². The van der Waals surface area contributed by atoms with Gasteiger partial charge in [-0.3, -0.25) is 4.79 Å². The van der Waals surface area contributed by atoms with Crippen LogP contribution in [0.1, 0.15) is 91.4 Å². The number of allylic oxidation sites excluding steroid dienone is 5. The Balaban J connectivity index is 2.05. The first-order chi connectivity index (χ1) is 21.3. The van der Waals surface area contributed by atoms with E-state index < -0.39 is 8.32 Å². The number of rotatable bonds is 21. The molecule has 0 saturated heterocycles. The smallest absolute Gasteiger partial charge is 0.305 e. The number of benzene rings is 2. The molecule has 0 aliphatic rings. The average Bonchev–Trinajstić information content (AvgIpc) is 3.03. The van der Waals surface area contributed by atoms with E-state index in [2.05, 4.69) is 128 Å². The Kier molecular flexibility index (Phi) is 17.9. The van der Waals surface area contributed by atoms with Crippen molar-refractivity contribution in [2.45, 2.75) is 103 Å². The minimum Gasteiger partial charge on any atom is -0.469 e. The summed E-state index contributed by atoms with van der Waals surface area (Å²) in [6, 6.07) is 21.4. The normalized spacial score (nSPS) is 13.0. The summed E-state index contributed by atoms with van der Waals surface area (Å²) in [7, 11) is -1.29. The SMILES string of the molecule is COC(=O)CCC[C@@H](/C=C/C=C\C/C=C\CCCCCCCCN=[N+]=[N-])O[Si](c1ccccc1)(c1ccccc1)C(C)(C)C. The summed E-state index contributed by atoms with van der Waals surface area (Å²) in [5.41, 5.74) is 8.30. The number of methoxy groups -OCH3 is 1. The molecule has 2 rings (SSSR count). The minimum absolute atomic E-state index is 0.127. The Morgan fingerprint density at radius 2 is 1.48 bits per heavy atom. The van der Waals surface area contributed by atoms with E-state index in [-0.39, 0.29) is 17.1 Å². The van der Waals surface area contributed by atoms with Gasteiger partial charge in [0.25, 0.3) is 8.32 Å². The van der Waals surface area contributed by atoms with Crippen molar-refractivity contribution in [2.24, 2.45) is 5.11 Å². The summed E-state index contributed by atoms with van der Waals surface area (Å²) in [4.78, 5) is 14.7. The van der Waals surface area contributed by atoms with Crippen molar-refractivity contribution in [2.75, 3.05) is 13.7 Å². The monoisotopic (exact) mass is 615 g/mol. The molecule has 2 aromatic carbocycles. The van der Waals surface area contributed by atoms with Gasteiger partial charge < -0.3 is 9.16 Å². The van der Waals surface area contributed by atoms with E-state index in [0.717, 1.165) is 32.1 Å². The maximum atomic E-state index is 11.9. The Bertz CT molecular complexity index is 1160. The Morgan fingerprint density at radius 3 is 2.07 bits per heavy atom. The van der Waals surface area contributed by atoms with Gasteiger partial charge in [0, 0.05) is 17.9 Å². The van der Waals surface area contributed by atoms with Gasteiger partial charge >= 0.3 is 5.97 Å². The molecule has 0 N–H and O–H groups in total. The van der Waals surface area contributed by atoms with Crippen LogP contribution < -0.4 is 10.4 Å². The standard InChI is InChI=1S/C37H53N3O3Si/c1-37(2,3)44(34-27-19-16-20-28-34,35-29-21-17-22-30-35)43-33(26-24-31-36(41)42-4)25-18-14-12-10-8-6-5-7-9-11-13-15-23-32-39-40-38/h6,8,12,14,16-22,25,27-30,33H,5,7,9-11,13,15,23-24,26,31-32H2,1-4H3/b8-6-,14-12-,25-18+/t33-/m1/s1. The first-order valence-corrected chi connectivity index (χ1v) is 18.1. The zero-order valence-corrected chi connectivity index (χ0v) is 28.4. The molecule has 6 nitrogen and oxygen atoms in total. The number of nitrogens with zero attached hydrogens (tertiary/aromatic N) is 3. The van der Waals surface area contributed by atoms with E-state index >= 15 is 0 Å². The number of azide groups is 1. The van der Waals surface area contributed by atoms with Crippen molar-refractivity contribution < 1.29 is 14.0 Å². The lowest BCUT2D eigenvalue weighted by molar-refractivity contribution is -0.140. The molecule has 0 bridgehead atoms. The van der Waals surface area contributed by atoms with Crippen LogP contribution in [-0.2, 0) is 14.0 Å². The Labute approximate surface area is 267 Å².